The van der Waals surface area contributed by atoms with Crippen molar-refractivity contribution in [3.05, 3.63) is 29.3 Å². The molecule has 0 aliphatic carbocycles. The van der Waals surface area contributed by atoms with E-state index in [0.717, 1.165) is 0 Å². The van der Waals surface area contributed by atoms with Crippen LogP contribution in [-0.4, -0.2) is 28.4 Å². The lowest BCUT2D eigenvalue weighted by Gasteiger charge is -2.08. The molecule has 9 heteroatoms. The smallest absolute Gasteiger partial charge is 0.395 e. The Bertz CT molecular complexity index is 765. The highest BCUT2D eigenvalue weighted by Crippen LogP contribution is 2.46. The van der Waals surface area contributed by atoms with Crippen LogP contribution in [0, 0.1) is 11.3 Å². The third-order valence-electron chi connectivity index (χ3n) is 2.87. The van der Waals surface area contributed by atoms with Gasteiger partial charge in [-0.2, -0.15) is 5.26 Å². The summed E-state index contributed by atoms with van der Waals surface area (Å²) in [6.45, 7) is 0. The molecule has 0 atom stereocenters. The Morgan fingerprint density at radius 1 is 1.24 bits per heavy atom. The van der Waals surface area contributed by atoms with Crippen molar-refractivity contribution in [2.45, 2.75) is 6.29 Å². The van der Waals surface area contributed by atoms with Gasteiger partial charge in [-0.15, -0.1) is 13.8 Å². The number of ether oxygens (including phenoxy) is 2. The number of hydroxylamine groups is 2. The lowest BCUT2D eigenvalue weighted by molar-refractivity contribution is -0.286. The molecule has 2 aliphatic heterocycles. The van der Waals surface area contributed by atoms with E-state index in [4.69, 9.17) is 5.26 Å². The number of para-hydroxylation sites is 1. The summed E-state index contributed by atoms with van der Waals surface area (Å²) >= 11 is 0. The normalized spacial score (nSPS) is 19.2. The summed E-state index contributed by atoms with van der Waals surface area (Å²) < 4.78 is 34.7. The fourth-order valence-electron chi connectivity index (χ4n) is 2.04. The first kappa shape index (κ1) is 13.0. The van der Waals surface area contributed by atoms with Crippen molar-refractivity contribution in [3.63, 3.8) is 0 Å². The van der Waals surface area contributed by atoms with E-state index < -0.39 is 35.0 Å². The monoisotopic (exact) mass is 294 g/mol. The number of benzene rings is 1. The number of halogens is 2. The minimum atomic E-state index is -3.92. The molecule has 1 aromatic carbocycles. The van der Waals surface area contributed by atoms with Crippen LogP contribution < -0.4 is 9.47 Å². The standard InChI is InChI=1S/C12H4F2N2O5/c13-12(14)20-7-3-1-2-5(9(7)21-12)8-6(4-15)10(17)16(19)11(8)18/h1-3,19H. The zero-order valence-corrected chi connectivity index (χ0v) is 9.96. The zero-order valence-electron chi connectivity index (χ0n) is 9.96. The van der Waals surface area contributed by atoms with E-state index in [0.29, 0.717) is 0 Å². The van der Waals surface area contributed by atoms with E-state index in [1.807, 2.05) is 0 Å². The second-order valence-electron chi connectivity index (χ2n) is 4.08. The van der Waals surface area contributed by atoms with Crippen molar-refractivity contribution in [1.29, 1.82) is 5.26 Å². The quantitative estimate of drug-likeness (QED) is 0.613. The van der Waals surface area contributed by atoms with E-state index in [1.54, 1.807) is 0 Å². The van der Waals surface area contributed by atoms with Gasteiger partial charge in [0.25, 0.3) is 11.8 Å². The summed E-state index contributed by atoms with van der Waals surface area (Å²) in [5, 5.41) is 17.9. The van der Waals surface area contributed by atoms with E-state index in [1.165, 1.54) is 24.3 Å². The van der Waals surface area contributed by atoms with Gasteiger partial charge < -0.3 is 9.47 Å². The number of imide groups is 1. The Kier molecular flexibility index (Phi) is 2.48. The Morgan fingerprint density at radius 2 is 1.95 bits per heavy atom. The molecule has 0 fully saturated rings. The van der Waals surface area contributed by atoms with Gasteiger partial charge in [-0.05, 0) is 6.07 Å². The minimum absolute atomic E-state index is 0.240. The van der Waals surface area contributed by atoms with Gasteiger partial charge in [-0.25, -0.2) is 0 Å². The molecule has 21 heavy (non-hydrogen) atoms. The van der Waals surface area contributed by atoms with Crippen molar-refractivity contribution in [1.82, 2.24) is 5.06 Å². The third kappa shape index (κ3) is 1.73. The van der Waals surface area contributed by atoms with Crippen molar-refractivity contribution in [3.8, 4) is 17.6 Å². The molecule has 0 unspecified atom stereocenters. The maximum Gasteiger partial charge on any atom is 0.586 e. The van der Waals surface area contributed by atoms with Crippen LogP contribution in [0.2, 0.25) is 0 Å². The molecule has 2 heterocycles. The Morgan fingerprint density at radius 3 is 2.62 bits per heavy atom. The highest BCUT2D eigenvalue weighted by atomic mass is 19.3. The number of alkyl halides is 2. The van der Waals surface area contributed by atoms with Crippen LogP contribution in [0.4, 0.5) is 8.78 Å². The number of nitrogens with zero attached hydrogens (tertiary/aromatic N) is 2. The Hall–Kier alpha value is -2.99. The van der Waals surface area contributed by atoms with Crippen molar-refractivity contribution >= 4 is 17.4 Å². The summed E-state index contributed by atoms with van der Waals surface area (Å²) in [5.74, 6) is -3.27. The molecule has 0 bridgehead atoms. The van der Waals surface area contributed by atoms with Gasteiger partial charge in [0.15, 0.2) is 11.5 Å². The molecule has 7 nitrogen and oxygen atoms in total. The van der Waals surface area contributed by atoms with Gasteiger partial charge in [0, 0.05) is 5.56 Å². The van der Waals surface area contributed by atoms with Crippen LogP contribution in [0.25, 0.3) is 5.57 Å². The summed E-state index contributed by atoms with van der Waals surface area (Å²) in [6.07, 6.45) is -3.92. The van der Waals surface area contributed by atoms with Crippen LogP contribution in [0.5, 0.6) is 11.5 Å². The minimum Gasteiger partial charge on any atom is -0.395 e. The highest BCUT2D eigenvalue weighted by molar-refractivity contribution is 6.37. The topological polar surface area (TPSA) is 99.9 Å². The molecule has 0 saturated carbocycles. The summed E-state index contributed by atoms with van der Waals surface area (Å²) in [5.41, 5.74) is -1.44. The van der Waals surface area contributed by atoms with Gasteiger partial charge in [0.05, 0.1) is 5.57 Å². The first-order valence-corrected chi connectivity index (χ1v) is 5.47. The van der Waals surface area contributed by atoms with Gasteiger partial charge >= 0.3 is 6.29 Å². The number of hydrogen-bond acceptors (Lipinski definition) is 6. The van der Waals surface area contributed by atoms with Crippen molar-refractivity contribution in [2.75, 3.05) is 0 Å². The van der Waals surface area contributed by atoms with E-state index >= 15 is 0 Å². The molecule has 2 aliphatic rings. The number of carbonyl (C=O) groups excluding carboxylic acids is 2. The van der Waals surface area contributed by atoms with Crippen LogP contribution in [-0.2, 0) is 9.59 Å². The molecule has 0 spiro atoms. The molecule has 106 valence electrons. The summed E-state index contributed by atoms with van der Waals surface area (Å²) in [7, 11) is 0. The zero-order chi connectivity index (χ0) is 15.4. The Labute approximate surface area is 115 Å². The third-order valence-corrected chi connectivity index (χ3v) is 2.87. The van der Waals surface area contributed by atoms with E-state index in [-0.39, 0.29) is 16.4 Å². The fraction of sp³-hybridized carbons (Fsp3) is 0.0833. The molecule has 1 N–H and O–H groups in total. The SMILES string of the molecule is N#CC1=C(c2cccc3c2OC(F)(F)O3)C(=O)N(O)C1=O. The maximum absolute atomic E-state index is 13.1. The van der Waals surface area contributed by atoms with Gasteiger partial charge in [0.2, 0.25) is 0 Å². The molecule has 2 amide bonds. The molecular weight excluding hydrogens is 290 g/mol. The number of rotatable bonds is 1. The lowest BCUT2D eigenvalue weighted by atomic mass is 10.0. The maximum atomic E-state index is 13.1. The largest absolute Gasteiger partial charge is 0.586 e. The molecule has 3 rings (SSSR count). The molecule has 0 saturated heterocycles. The number of hydrogen-bond donors (Lipinski definition) is 1. The van der Waals surface area contributed by atoms with Gasteiger partial charge in [-0.3, -0.25) is 14.8 Å². The highest BCUT2D eigenvalue weighted by Gasteiger charge is 2.47. The molecule has 1 aromatic rings. The van der Waals surface area contributed by atoms with Crippen molar-refractivity contribution in [2.24, 2.45) is 0 Å². The number of carbonyl (C=O) groups is 2. The second-order valence-corrected chi connectivity index (χ2v) is 4.08. The van der Waals surface area contributed by atoms with Crippen molar-refractivity contribution < 1.29 is 33.1 Å². The number of amides is 2. The average Bonchev–Trinajstić information content (AvgIpc) is 2.85. The average molecular weight is 294 g/mol. The first-order valence-electron chi connectivity index (χ1n) is 5.47. The molecule has 0 radical (unpaired) electrons. The van der Waals surface area contributed by atoms with E-state index in [2.05, 4.69) is 9.47 Å². The van der Waals surface area contributed by atoms with E-state index in [9.17, 15) is 23.6 Å². The lowest BCUT2D eigenvalue weighted by Crippen LogP contribution is -2.27. The predicted octanol–water partition coefficient (Wildman–Crippen LogP) is 1.04. The second kappa shape index (κ2) is 4.00. The van der Waals surface area contributed by atoms with Gasteiger partial charge in [-0.1, -0.05) is 12.1 Å². The first-order chi connectivity index (χ1) is 9.85. The van der Waals surface area contributed by atoms with Crippen LogP contribution in [0.15, 0.2) is 23.8 Å². The van der Waals surface area contributed by atoms with Crippen LogP contribution >= 0.6 is 0 Å². The van der Waals surface area contributed by atoms with Crippen LogP contribution in [0.1, 0.15) is 5.56 Å². The fourth-order valence-corrected chi connectivity index (χ4v) is 2.04. The Balaban J connectivity index is 2.22. The van der Waals surface area contributed by atoms with Gasteiger partial charge in [0.1, 0.15) is 11.6 Å². The number of nitriles is 1. The summed E-state index contributed by atoms with van der Waals surface area (Å²) in [6, 6.07) is 5.10. The predicted molar refractivity (Wildman–Crippen MR) is 58.8 cm³/mol. The summed E-state index contributed by atoms with van der Waals surface area (Å²) in [4.78, 5) is 23.3. The molecular formula is C12H4F2N2O5. The van der Waals surface area contributed by atoms with Crippen LogP contribution in [0.3, 0.4) is 0 Å². The number of fused-ring (bicyclic) bond motifs is 1. The molecule has 0 aromatic heterocycles.